The van der Waals surface area contributed by atoms with Crippen molar-refractivity contribution in [2.24, 2.45) is 0 Å². The third-order valence-electron chi connectivity index (χ3n) is 1.03. The lowest BCUT2D eigenvalue weighted by atomic mass is 10.2. The molecule has 0 radical (unpaired) electrons. The highest BCUT2D eigenvalue weighted by Crippen LogP contribution is 1.97. The summed E-state index contributed by atoms with van der Waals surface area (Å²) in [6.07, 6.45) is 1.40. The van der Waals surface area contributed by atoms with Gasteiger partial charge in [-0.3, -0.25) is 0 Å². The van der Waals surface area contributed by atoms with E-state index in [9.17, 15) is 4.79 Å². The first-order chi connectivity index (χ1) is 5.43. The average Bonchev–Trinajstić information content (AvgIpc) is 2.11. The van der Waals surface area contributed by atoms with Crippen molar-refractivity contribution in [1.82, 2.24) is 0 Å². The van der Waals surface area contributed by atoms with E-state index in [1.165, 1.54) is 6.08 Å². The van der Waals surface area contributed by atoms with Crippen LogP contribution < -0.4 is 0 Å². The van der Waals surface area contributed by atoms with Crippen molar-refractivity contribution in [2.75, 3.05) is 0 Å². The summed E-state index contributed by atoms with van der Waals surface area (Å²) >= 11 is 0. The van der Waals surface area contributed by atoms with Crippen LogP contribution in [0.5, 0.6) is 0 Å². The summed E-state index contributed by atoms with van der Waals surface area (Å²) in [7, 11) is 0. The molecule has 0 aliphatic rings. The summed E-state index contributed by atoms with van der Waals surface area (Å²) in [4.78, 5) is 9.79. The van der Waals surface area contributed by atoms with Crippen LogP contribution in [0.2, 0.25) is 0 Å². The minimum absolute atomic E-state index is 0.896. The molecular weight excluding hydrogens is 136 g/mol. The summed E-state index contributed by atoms with van der Waals surface area (Å²) in [6.45, 7) is 6.00. The zero-order chi connectivity index (χ0) is 8.53. The average molecular weight is 146 g/mol. The molecule has 0 spiro atoms. The lowest BCUT2D eigenvalue weighted by Gasteiger charge is -1.83. The molecule has 11 heavy (non-hydrogen) atoms. The van der Waals surface area contributed by atoms with Gasteiger partial charge in [-0.15, -0.1) is 13.2 Å². The first kappa shape index (κ1) is 9.41. The van der Waals surface area contributed by atoms with Crippen molar-refractivity contribution < 1.29 is 4.79 Å². The van der Waals surface area contributed by atoms with Gasteiger partial charge in [-0.25, -0.2) is 4.79 Å². The third-order valence-corrected chi connectivity index (χ3v) is 1.03. The molecule has 0 N–H and O–H groups in total. The van der Waals surface area contributed by atoms with Gasteiger partial charge in [0.25, 0.3) is 0 Å². The number of hydrogen-bond acceptors (Lipinski definition) is 1. The summed E-state index contributed by atoms with van der Waals surface area (Å²) in [6, 6.07) is 9.37. The van der Waals surface area contributed by atoms with Crippen molar-refractivity contribution in [3.8, 4) is 0 Å². The molecule has 1 aromatic carbocycles. The van der Waals surface area contributed by atoms with E-state index in [0.717, 1.165) is 5.56 Å². The number of carbonyl (C=O) groups excluding carboxylic acids is 1. The van der Waals surface area contributed by atoms with Gasteiger partial charge in [0.15, 0.2) is 0 Å². The normalized spacial score (nSPS) is 6.91. The van der Waals surface area contributed by atoms with Crippen molar-refractivity contribution in [3.05, 3.63) is 49.1 Å². The SMILES string of the molecule is C=C.O=C=Cc1ccccc1. The molecule has 56 valence electrons. The van der Waals surface area contributed by atoms with Crippen LogP contribution in [-0.2, 0) is 4.79 Å². The zero-order valence-corrected chi connectivity index (χ0v) is 6.29. The van der Waals surface area contributed by atoms with Crippen LogP contribution >= 0.6 is 0 Å². The minimum atomic E-state index is 0.896. The Kier molecular flexibility index (Phi) is 5.59. The maximum absolute atomic E-state index is 9.79. The maximum Gasteiger partial charge on any atom is 0.125 e. The molecule has 1 heteroatoms. The topological polar surface area (TPSA) is 17.1 Å². The summed E-state index contributed by atoms with van der Waals surface area (Å²) < 4.78 is 0. The van der Waals surface area contributed by atoms with Crippen molar-refractivity contribution >= 4 is 12.0 Å². The van der Waals surface area contributed by atoms with E-state index >= 15 is 0 Å². The van der Waals surface area contributed by atoms with Crippen LogP contribution in [0.25, 0.3) is 6.08 Å². The Morgan fingerprint density at radius 2 is 1.73 bits per heavy atom. The van der Waals surface area contributed by atoms with Gasteiger partial charge in [0.05, 0.1) is 0 Å². The molecule has 0 atom stereocenters. The second-order valence-corrected chi connectivity index (χ2v) is 1.67. The predicted molar refractivity (Wildman–Crippen MR) is 47.9 cm³/mol. The summed E-state index contributed by atoms with van der Waals surface area (Å²) in [5.74, 6) is 1.71. The summed E-state index contributed by atoms with van der Waals surface area (Å²) in [5, 5.41) is 0. The van der Waals surface area contributed by atoms with Gasteiger partial charge in [0.1, 0.15) is 5.94 Å². The smallest absolute Gasteiger partial charge is 0.125 e. The monoisotopic (exact) mass is 146 g/mol. The second-order valence-electron chi connectivity index (χ2n) is 1.67. The third kappa shape index (κ3) is 3.90. The van der Waals surface area contributed by atoms with Crippen molar-refractivity contribution in [3.63, 3.8) is 0 Å². The zero-order valence-electron chi connectivity index (χ0n) is 6.29. The molecule has 0 heterocycles. The molecule has 1 rings (SSSR count). The maximum atomic E-state index is 9.79. The van der Waals surface area contributed by atoms with Crippen LogP contribution in [0, 0.1) is 0 Å². The standard InChI is InChI=1S/C8H6O.C2H4/c9-7-6-8-4-2-1-3-5-8;1-2/h1-6H;1-2H2. The van der Waals surface area contributed by atoms with Crippen LogP contribution in [0.1, 0.15) is 5.56 Å². The molecule has 1 aromatic rings. The van der Waals surface area contributed by atoms with E-state index in [0.29, 0.717) is 0 Å². The number of benzene rings is 1. The largest absolute Gasteiger partial charge is 0.233 e. The highest BCUT2D eigenvalue weighted by molar-refractivity contribution is 5.74. The molecular formula is C10H10O. The summed E-state index contributed by atoms with van der Waals surface area (Å²) in [5.41, 5.74) is 0.896. The Morgan fingerprint density at radius 1 is 1.18 bits per heavy atom. The molecule has 0 aliphatic carbocycles. The molecule has 0 saturated carbocycles. The lowest BCUT2D eigenvalue weighted by molar-refractivity contribution is 0.570. The van der Waals surface area contributed by atoms with Crippen LogP contribution in [-0.4, -0.2) is 5.94 Å². The van der Waals surface area contributed by atoms with Gasteiger partial charge in [-0.2, -0.15) is 0 Å². The molecule has 0 unspecified atom stereocenters. The Labute approximate surface area is 66.7 Å². The minimum Gasteiger partial charge on any atom is -0.233 e. The van der Waals surface area contributed by atoms with Gasteiger partial charge in [0, 0.05) is 6.08 Å². The lowest BCUT2D eigenvalue weighted by Crippen LogP contribution is -1.66. The molecule has 0 amide bonds. The van der Waals surface area contributed by atoms with Crippen LogP contribution in [0.3, 0.4) is 0 Å². The molecule has 0 aromatic heterocycles. The van der Waals surface area contributed by atoms with E-state index in [4.69, 9.17) is 0 Å². The van der Waals surface area contributed by atoms with E-state index < -0.39 is 0 Å². The predicted octanol–water partition coefficient (Wildman–Crippen LogP) is 2.33. The van der Waals surface area contributed by atoms with E-state index in [1.54, 1.807) is 5.94 Å². The Hall–Kier alpha value is -1.59. The Morgan fingerprint density at radius 3 is 2.18 bits per heavy atom. The highest BCUT2D eigenvalue weighted by atomic mass is 16.1. The number of rotatable bonds is 1. The van der Waals surface area contributed by atoms with E-state index in [2.05, 4.69) is 13.2 Å². The van der Waals surface area contributed by atoms with Gasteiger partial charge >= 0.3 is 0 Å². The molecule has 1 nitrogen and oxygen atoms in total. The highest BCUT2D eigenvalue weighted by Gasteiger charge is 1.78. The molecule has 0 bridgehead atoms. The van der Waals surface area contributed by atoms with Crippen LogP contribution in [0.15, 0.2) is 43.5 Å². The molecule has 0 fully saturated rings. The van der Waals surface area contributed by atoms with Crippen molar-refractivity contribution in [1.29, 1.82) is 0 Å². The van der Waals surface area contributed by atoms with Gasteiger partial charge < -0.3 is 0 Å². The van der Waals surface area contributed by atoms with Crippen LogP contribution in [0.4, 0.5) is 0 Å². The van der Waals surface area contributed by atoms with Gasteiger partial charge in [0.2, 0.25) is 0 Å². The number of hydrogen-bond donors (Lipinski definition) is 0. The van der Waals surface area contributed by atoms with Gasteiger partial charge in [-0.05, 0) is 5.56 Å². The van der Waals surface area contributed by atoms with Gasteiger partial charge in [-0.1, -0.05) is 30.3 Å². The Balaban J connectivity index is 0.000000461. The van der Waals surface area contributed by atoms with E-state index in [-0.39, 0.29) is 0 Å². The fourth-order valence-corrected chi connectivity index (χ4v) is 0.617. The molecule has 0 saturated heterocycles. The Bertz CT molecular complexity index is 232. The first-order valence-electron chi connectivity index (χ1n) is 3.19. The fourth-order valence-electron chi connectivity index (χ4n) is 0.617. The fraction of sp³-hybridized carbons (Fsp3) is 0. The first-order valence-corrected chi connectivity index (χ1v) is 3.19. The quantitative estimate of drug-likeness (QED) is 0.439. The molecule has 0 aliphatic heterocycles. The second kappa shape index (κ2) is 6.53. The van der Waals surface area contributed by atoms with E-state index in [1.807, 2.05) is 30.3 Å². The van der Waals surface area contributed by atoms with Crippen molar-refractivity contribution in [2.45, 2.75) is 0 Å².